The molecule has 0 aliphatic heterocycles. The van der Waals surface area contributed by atoms with E-state index in [0.717, 1.165) is 24.8 Å². The summed E-state index contributed by atoms with van der Waals surface area (Å²) in [6.07, 6.45) is 16.2. The number of hydrogen-bond donors (Lipinski definition) is 1. The predicted molar refractivity (Wildman–Crippen MR) is 127 cm³/mol. The Hall–Kier alpha value is -1.05. The molecule has 0 saturated carbocycles. The van der Waals surface area contributed by atoms with E-state index in [9.17, 15) is 13.5 Å². The van der Waals surface area contributed by atoms with Crippen LogP contribution < -0.4 is 39.4 Å². The molecular formula is C26H37NaO5S. The molecule has 0 spiro atoms. The molecule has 33 heavy (non-hydrogen) atoms. The Balaban J connectivity index is 0.00000544. The third-order valence-corrected chi connectivity index (χ3v) is 6.53. The van der Waals surface area contributed by atoms with Gasteiger partial charge in [0.15, 0.2) is 0 Å². The van der Waals surface area contributed by atoms with Crippen molar-refractivity contribution in [3.05, 3.63) is 48.0 Å². The maximum absolute atomic E-state index is 12.4. The Morgan fingerprint density at radius 1 is 0.788 bits per heavy atom. The van der Waals surface area contributed by atoms with Crippen LogP contribution in [0, 0.1) is 0 Å². The molecule has 0 aliphatic carbocycles. The fourth-order valence-electron chi connectivity index (χ4n) is 3.80. The first-order valence-electron chi connectivity index (χ1n) is 12.0. The Kier molecular flexibility index (Phi) is 15.0. The second-order valence-corrected chi connectivity index (χ2v) is 9.88. The zero-order valence-electron chi connectivity index (χ0n) is 20.2. The quantitative estimate of drug-likeness (QED) is 0.221. The van der Waals surface area contributed by atoms with Gasteiger partial charge < -0.3 is 9.84 Å². The second kappa shape index (κ2) is 16.6. The first-order chi connectivity index (χ1) is 15.4. The average Bonchev–Trinajstić information content (AvgIpc) is 2.75. The smallest absolute Gasteiger partial charge is 0.872 e. The molecule has 178 valence electrons. The van der Waals surface area contributed by atoms with Crippen molar-refractivity contribution in [3.8, 4) is 17.2 Å². The Morgan fingerprint density at radius 2 is 1.33 bits per heavy atom. The van der Waals surface area contributed by atoms with Crippen LogP contribution in [0.1, 0.15) is 89.5 Å². The van der Waals surface area contributed by atoms with Crippen LogP contribution in [0.15, 0.2) is 47.4 Å². The van der Waals surface area contributed by atoms with Gasteiger partial charge in [-0.1, -0.05) is 95.2 Å². The zero-order valence-corrected chi connectivity index (χ0v) is 23.0. The fraction of sp³-hybridized carbons (Fsp3) is 0.538. The predicted octanol–water partition coefficient (Wildman–Crippen LogP) is 4.05. The number of hydrogen-bond acceptors (Lipinski definition) is 4. The van der Waals surface area contributed by atoms with Crippen molar-refractivity contribution in [1.29, 1.82) is 0 Å². The van der Waals surface area contributed by atoms with Gasteiger partial charge in [-0.3, -0.25) is 4.55 Å². The van der Waals surface area contributed by atoms with Crippen LogP contribution in [0.2, 0.25) is 0 Å². The van der Waals surface area contributed by atoms with Crippen molar-refractivity contribution in [2.45, 2.75) is 95.3 Å². The van der Waals surface area contributed by atoms with Crippen molar-refractivity contribution in [1.82, 2.24) is 0 Å². The minimum atomic E-state index is -4.30. The van der Waals surface area contributed by atoms with Gasteiger partial charge in [0.2, 0.25) is 0 Å². The van der Waals surface area contributed by atoms with Crippen LogP contribution in [-0.2, 0) is 16.5 Å². The van der Waals surface area contributed by atoms with Gasteiger partial charge in [-0.15, -0.1) is 5.75 Å². The van der Waals surface area contributed by atoms with Crippen LogP contribution in [0.4, 0.5) is 0 Å². The molecule has 1 N–H and O–H groups in total. The standard InChI is InChI=1S/C26H38O5S.Na/c1-2-3-4-5-6-7-8-9-10-11-12-13-15-22-18-19-24(21-26(22)27)31-23-16-14-17-25(20-23)32(28,29)30;/h14,16-21,27H,2-13,15H2,1H3,(H,28,29,30);/q;+1/p-1. The molecule has 0 atom stereocenters. The molecule has 7 heteroatoms. The Labute approximate surface area is 222 Å². The largest absolute Gasteiger partial charge is 1.00 e. The maximum Gasteiger partial charge on any atom is 1.00 e. The van der Waals surface area contributed by atoms with Gasteiger partial charge in [0, 0.05) is 6.07 Å². The molecule has 0 radical (unpaired) electrons. The topological polar surface area (TPSA) is 86.7 Å². The van der Waals surface area contributed by atoms with E-state index in [1.165, 1.54) is 88.5 Å². The molecule has 0 bridgehead atoms. The molecule has 0 amide bonds. The van der Waals surface area contributed by atoms with Crippen LogP contribution in [0.5, 0.6) is 17.2 Å². The van der Waals surface area contributed by atoms with Crippen molar-refractivity contribution in [3.63, 3.8) is 0 Å². The second-order valence-electron chi connectivity index (χ2n) is 8.46. The van der Waals surface area contributed by atoms with E-state index in [1.807, 2.05) is 0 Å². The van der Waals surface area contributed by atoms with E-state index in [-0.39, 0.29) is 46.0 Å². The van der Waals surface area contributed by atoms with Crippen molar-refractivity contribution < 1.29 is 52.4 Å². The first-order valence-corrected chi connectivity index (χ1v) is 13.4. The molecule has 2 aromatic rings. The van der Waals surface area contributed by atoms with Crippen LogP contribution in [0.25, 0.3) is 0 Å². The normalized spacial score (nSPS) is 11.2. The molecular weight excluding hydrogens is 447 g/mol. The zero-order chi connectivity index (χ0) is 23.2. The molecule has 0 aliphatic rings. The summed E-state index contributed by atoms with van der Waals surface area (Å²) in [5.41, 5.74) is 0.774. The van der Waals surface area contributed by atoms with Gasteiger partial charge in [0.05, 0.1) is 4.90 Å². The summed E-state index contributed by atoms with van der Waals surface area (Å²) < 4.78 is 37.2. The van der Waals surface area contributed by atoms with E-state index in [0.29, 0.717) is 5.75 Å². The molecule has 0 heterocycles. The van der Waals surface area contributed by atoms with Crippen molar-refractivity contribution >= 4 is 10.1 Å². The van der Waals surface area contributed by atoms with Crippen molar-refractivity contribution in [2.75, 3.05) is 0 Å². The van der Waals surface area contributed by atoms with Crippen LogP contribution in [0.3, 0.4) is 0 Å². The number of ether oxygens (including phenoxy) is 1. The summed E-state index contributed by atoms with van der Waals surface area (Å²) in [4.78, 5) is -0.249. The third-order valence-electron chi connectivity index (χ3n) is 5.68. The Morgan fingerprint density at radius 3 is 1.88 bits per heavy atom. The summed E-state index contributed by atoms with van der Waals surface area (Å²) in [5.74, 6) is 0.519. The van der Waals surface area contributed by atoms with E-state index in [2.05, 4.69) is 6.92 Å². The minimum absolute atomic E-state index is 0. The van der Waals surface area contributed by atoms with Crippen LogP contribution >= 0.6 is 0 Å². The number of aryl methyl sites for hydroxylation is 1. The summed E-state index contributed by atoms with van der Waals surface area (Å²) >= 11 is 0. The van der Waals surface area contributed by atoms with E-state index >= 15 is 0 Å². The summed E-state index contributed by atoms with van der Waals surface area (Å²) in [7, 11) is -4.30. The Bertz CT molecular complexity index is 915. The van der Waals surface area contributed by atoms with Crippen molar-refractivity contribution in [2.24, 2.45) is 0 Å². The summed E-state index contributed by atoms with van der Waals surface area (Å²) in [6.45, 7) is 2.25. The van der Waals surface area contributed by atoms with Gasteiger partial charge in [-0.25, -0.2) is 0 Å². The monoisotopic (exact) mass is 484 g/mol. The molecule has 2 aromatic carbocycles. The molecule has 0 saturated heterocycles. The van der Waals surface area contributed by atoms with Gasteiger partial charge in [-0.05, 0) is 37.1 Å². The van der Waals surface area contributed by atoms with Gasteiger partial charge >= 0.3 is 29.6 Å². The van der Waals surface area contributed by atoms with E-state index < -0.39 is 10.1 Å². The van der Waals surface area contributed by atoms with Gasteiger partial charge in [-0.2, -0.15) is 8.42 Å². The molecule has 5 nitrogen and oxygen atoms in total. The maximum atomic E-state index is 12.4. The number of benzene rings is 2. The molecule has 0 aromatic heterocycles. The van der Waals surface area contributed by atoms with E-state index in [4.69, 9.17) is 9.29 Å². The minimum Gasteiger partial charge on any atom is -0.872 e. The molecule has 0 fully saturated rings. The molecule has 2 rings (SSSR count). The van der Waals surface area contributed by atoms with Crippen LogP contribution in [-0.4, -0.2) is 13.0 Å². The van der Waals surface area contributed by atoms with Gasteiger partial charge in [0.1, 0.15) is 11.5 Å². The molecule has 0 unspecified atom stereocenters. The number of rotatable bonds is 16. The SMILES string of the molecule is CCCCCCCCCCCCCCc1ccc(Oc2cccc(S(=O)(=O)O)c2)cc1[O-].[Na+]. The third kappa shape index (κ3) is 12.3. The summed E-state index contributed by atoms with van der Waals surface area (Å²) in [6, 6.07) is 10.5. The first kappa shape index (κ1) is 30.0. The summed E-state index contributed by atoms with van der Waals surface area (Å²) in [5, 5.41) is 12.4. The van der Waals surface area contributed by atoms with Gasteiger partial charge in [0.25, 0.3) is 10.1 Å². The van der Waals surface area contributed by atoms with E-state index in [1.54, 1.807) is 18.2 Å². The average molecular weight is 485 g/mol. The fourth-order valence-corrected chi connectivity index (χ4v) is 4.31. The number of unbranched alkanes of at least 4 members (excludes halogenated alkanes) is 11.